The van der Waals surface area contributed by atoms with Gasteiger partial charge in [0.05, 0.1) is 6.61 Å². The summed E-state index contributed by atoms with van der Waals surface area (Å²) in [6.07, 6.45) is 0. The van der Waals surface area contributed by atoms with Crippen LogP contribution in [0.3, 0.4) is 0 Å². The Morgan fingerprint density at radius 3 is 2.22 bits per heavy atom. The third-order valence-corrected chi connectivity index (χ3v) is 3.23. The summed E-state index contributed by atoms with van der Waals surface area (Å²) in [6, 6.07) is 14.5. The lowest BCUT2D eigenvalue weighted by molar-refractivity contribution is 0.282. The van der Waals surface area contributed by atoms with Gasteiger partial charge in [-0.25, -0.2) is 0 Å². The molecular weight excluding hydrogens is 222 g/mol. The van der Waals surface area contributed by atoms with Crippen LogP contribution >= 0.6 is 0 Å². The molecule has 2 heteroatoms. The molecule has 2 aromatic carbocycles. The smallest absolute Gasteiger partial charge is 0.0681 e. The van der Waals surface area contributed by atoms with Crippen molar-refractivity contribution >= 4 is 11.4 Å². The number of hydrogen-bond acceptors (Lipinski definition) is 2. The summed E-state index contributed by atoms with van der Waals surface area (Å²) in [5.41, 5.74) is 5.72. The van der Waals surface area contributed by atoms with Gasteiger partial charge in [0.25, 0.3) is 0 Å². The summed E-state index contributed by atoms with van der Waals surface area (Å²) in [5.74, 6) is 0. The highest BCUT2D eigenvalue weighted by Gasteiger charge is 2.07. The van der Waals surface area contributed by atoms with Crippen LogP contribution in [0.5, 0.6) is 0 Å². The molecule has 0 aliphatic heterocycles. The molecule has 0 heterocycles. The molecule has 0 bridgehead atoms. The zero-order chi connectivity index (χ0) is 13.1. The van der Waals surface area contributed by atoms with Gasteiger partial charge in [0.15, 0.2) is 0 Å². The van der Waals surface area contributed by atoms with Crippen LogP contribution in [0, 0.1) is 13.8 Å². The summed E-state index contributed by atoms with van der Waals surface area (Å²) in [6.45, 7) is 4.25. The monoisotopic (exact) mass is 241 g/mol. The normalized spacial score (nSPS) is 10.4. The molecule has 0 aliphatic rings. The highest BCUT2D eigenvalue weighted by atomic mass is 16.3. The second-order valence-corrected chi connectivity index (χ2v) is 4.67. The summed E-state index contributed by atoms with van der Waals surface area (Å²) >= 11 is 0. The zero-order valence-electron chi connectivity index (χ0n) is 11.1. The third kappa shape index (κ3) is 2.54. The minimum atomic E-state index is 0.0926. The van der Waals surface area contributed by atoms with Crippen LogP contribution in [0.4, 0.5) is 11.4 Å². The number of benzene rings is 2. The number of rotatable bonds is 3. The molecule has 18 heavy (non-hydrogen) atoms. The second-order valence-electron chi connectivity index (χ2n) is 4.67. The van der Waals surface area contributed by atoms with E-state index in [1.807, 2.05) is 12.1 Å². The van der Waals surface area contributed by atoms with Crippen LogP contribution in [0.15, 0.2) is 42.5 Å². The first-order valence-corrected chi connectivity index (χ1v) is 6.12. The van der Waals surface area contributed by atoms with E-state index in [0.29, 0.717) is 0 Å². The fourth-order valence-electron chi connectivity index (χ4n) is 2.10. The summed E-state index contributed by atoms with van der Waals surface area (Å²) in [5, 5.41) is 9.13. The number of hydrogen-bond donors (Lipinski definition) is 1. The van der Waals surface area contributed by atoms with E-state index in [-0.39, 0.29) is 6.61 Å². The van der Waals surface area contributed by atoms with Gasteiger partial charge >= 0.3 is 0 Å². The number of anilines is 2. The minimum Gasteiger partial charge on any atom is -0.392 e. The third-order valence-electron chi connectivity index (χ3n) is 3.23. The largest absolute Gasteiger partial charge is 0.392 e. The van der Waals surface area contributed by atoms with Crippen molar-refractivity contribution < 1.29 is 5.11 Å². The predicted molar refractivity (Wildman–Crippen MR) is 76.3 cm³/mol. The van der Waals surface area contributed by atoms with E-state index in [4.69, 9.17) is 5.11 Å². The summed E-state index contributed by atoms with van der Waals surface area (Å²) in [4.78, 5) is 2.16. The van der Waals surface area contributed by atoms with Crippen molar-refractivity contribution in [3.05, 3.63) is 59.2 Å². The second kappa shape index (κ2) is 5.23. The highest BCUT2D eigenvalue weighted by molar-refractivity contribution is 5.66. The molecule has 2 nitrogen and oxygen atoms in total. The Balaban J connectivity index is 2.33. The average molecular weight is 241 g/mol. The number of aryl methyl sites for hydroxylation is 2. The molecule has 0 fully saturated rings. The molecular formula is C16H19NO. The standard InChI is InChI=1S/C16H19NO/c1-12-4-7-15(8-5-12)17(3)16-9-6-14(11-18)10-13(16)2/h4-10,18H,11H2,1-3H3. The molecule has 1 N–H and O–H groups in total. The van der Waals surface area contributed by atoms with Crippen molar-refractivity contribution in [3.63, 3.8) is 0 Å². The average Bonchev–Trinajstić information content (AvgIpc) is 2.38. The first kappa shape index (κ1) is 12.7. The lowest BCUT2D eigenvalue weighted by Gasteiger charge is -2.22. The number of aliphatic hydroxyl groups is 1. The Bertz CT molecular complexity index is 531. The highest BCUT2D eigenvalue weighted by Crippen LogP contribution is 2.27. The van der Waals surface area contributed by atoms with E-state index in [2.05, 4.69) is 56.1 Å². The van der Waals surface area contributed by atoms with Gasteiger partial charge in [0.2, 0.25) is 0 Å². The van der Waals surface area contributed by atoms with Gasteiger partial charge in [-0.2, -0.15) is 0 Å². The maximum atomic E-state index is 9.13. The maximum absolute atomic E-state index is 9.13. The van der Waals surface area contributed by atoms with E-state index in [1.165, 1.54) is 16.8 Å². The molecule has 2 rings (SSSR count). The quantitative estimate of drug-likeness (QED) is 0.888. The van der Waals surface area contributed by atoms with Gasteiger partial charge < -0.3 is 10.0 Å². The first-order valence-electron chi connectivity index (χ1n) is 6.12. The van der Waals surface area contributed by atoms with Crippen LogP contribution in [-0.2, 0) is 6.61 Å². The van der Waals surface area contributed by atoms with Crippen molar-refractivity contribution in [1.29, 1.82) is 0 Å². The maximum Gasteiger partial charge on any atom is 0.0681 e. The Hall–Kier alpha value is -1.80. The van der Waals surface area contributed by atoms with E-state index < -0.39 is 0 Å². The molecule has 94 valence electrons. The van der Waals surface area contributed by atoms with Crippen LogP contribution in [0.25, 0.3) is 0 Å². The molecule has 0 spiro atoms. The molecule has 0 atom stereocenters. The van der Waals surface area contributed by atoms with E-state index in [0.717, 1.165) is 11.3 Å². The Labute approximate surface area is 109 Å². The Kier molecular flexibility index (Phi) is 3.68. The van der Waals surface area contributed by atoms with Gasteiger partial charge in [0, 0.05) is 18.4 Å². The number of aliphatic hydroxyl groups excluding tert-OH is 1. The molecule has 0 saturated carbocycles. The van der Waals surface area contributed by atoms with Crippen molar-refractivity contribution in [1.82, 2.24) is 0 Å². The molecule has 0 saturated heterocycles. The fraction of sp³-hybridized carbons (Fsp3) is 0.250. The molecule has 0 amide bonds. The summed E-state index contributed by atoms with van der Waals surface area (Å²) < 4.78 is 0. The van der Waals surface area contributed by atoms with Crippen LogP contribution in [0.2, 0.25) is 0 Å². The topological polar surface area (TPSA) is 23.5 Å². The summed E-state index contributed by atoms with van der Waals surface area (Å²) in [7, 11) is 2.06. The van der Waals surface area contributed by atoms with Crippen molar-refractivity contribution in [2.24, 2.45) is 0 Å². The Morgan fingerprint density at radius 2 is 1.67 bits per heavy atom. The molecule has 0 aliphatic carbocycles. The van der Waals surface area contributed by atoms with E-state index in [9.17, 15) is 0 Å². The molecule has 0 aromatic heterocycles. The lowest BCUT2D eigenvalue weighted by atomic mass is 10.1. The zero-order valence-corrected chi connectivity index (χ0v) is 11.1. The lowest BCUT2D eigenvalue weighted by Crippen LogP contribution is -2.11. The fourth-order valence-corrected chi connectivity index (χ4v) is 2.10. The predicted octanol–water partition coefficient (Wildman–Crippen LogP) is 3.56. The van der Waals surface area contributed by atoms with Gasteiger partial charge in [0.1, 0.15) is 0 Å². The molecule has 0 unspecified atom stereocenters. The van der Waals surface area contributed by atoms with Gasteiger partial charge in [-0.3, -0.25) is 0 Å². The van der Waals surface area contributed by atoms with Crippen molar-refractivity contribution in [2.45, 2.75) is 20.5 Å². The SMILES string of the molecule is Cc1ccc(N(C)c2ccc(CO)cc2C)cc1. The van der Waals surface area contributed by atoms with Crippen molar-refractivity contribution in [2.75, 3.05) is 11.9 Å². The van der Waals surface area contributed by atoms with E-state index >= 15 is 0 Å². The Morgan fingerprint density at radius 1 is 1.00 bits per heavy atom. The van der Waals surface area contributed by atoms with Crippen molar-refractivity contribution in [3.8, 4) is 0 Å². The number of nitrogens with zero attached hydrogens (tertiary/aromatic N) is 1. The molecule has 0 radical (unpaired) electrons. The van der Waals surface area contributed by atoms with Gasteiger partial charge in [-0.15, -0.1) is 0 Å². The first-order chi connectivity index (χ1) is 8.61. The van der Waals surface area contributed by atoms with Crippen LogP contribution < -0.4 is 4.90 Å². The van der Waals surface area contributed by atoms with Gasteiger partial charge in [-0.05, 0) is 43.2 Å². The van der Waals surface area contributed by atoms with Crippen LogP contribution in [-0.4, -0.2) is 12.2 Å². The van der Waals surface area contributed by atoms with Gasteiger partial charge in [-0.1, -0.05) is 29.8 Å². The molecule has 2 aromatic rings. The van der Waals surface area contributed by atoms with E-state index in [1.54, 1.807) is 0 Å². The van der Waals surface area contributed by atoms with Crippen LogP contribution in [0.1, 0.15) is 16.7 Å². The minimum absolute atomic E-state index is 0.0926.